The van der Waals surface area contributed by atoms with E-state index in [4.69, 9.17) is 20.6 Å². The first-order chi connectivity index (χ1) is 17.2. The highest BCUT2D eigenvalue weighted by atomic mass is 16.5. The largest absolute Gasteiger partial charge is 0.497 e. The molecule has 4 rings (SSSR count). The van der Waals surface area contributed by atoms with E-state index in [1.165, 1.54) is 11.6 Å². The summed E-state index contributed by atoms with van der Waals surface area (Å²) >= 11 is 0. The zero-order valence-electron chi connectivity index (χ0n) is 19.9. The minimum absolute atomic E-state index is 0.132. The van der Waals surface area contributed by atoms with Crippen LogP contribution in [0.15, 0.2) is 65.6 Å². The quantitative estimate of drug-likeness (QED) is 0.128. The fourth-order valence-electron chi connectivity index (χ4n) is 3.72. The van der Waals surface area contributed by atoms with Crippen LogP contribution in [0, 0.1) is 12.3 Å². The van der Waals surface area contributed by atoms with E-state index in [-0.39, 0.29) is 17.1 Å². The fraction of sp³-hybridized carbons (Fsp3) is 0.160. The molecule has 0 aliphatic rings. The first-order valence-corrected chi connectivity index (χ1v) is 10.9. The zero-order valence-corrected chi connectivity index (χ0v) is 19.9. The van der Waals surface area contributed by atoms with Gasteiger partial charge in [0.25, 0.3) is 0 Å². The molecule has 0 bridgehead atoms. The van der Waals surface area contributed by atoms with Crippen LogP contribution in [0.5, 0.6) is 11.5 Å². The van der Waals surface area contributed by atoms with Gasteiger partial charge in [-0.15, -0.1) is 5.10 Å². The molecule has 0 spiro atoms. The van der Waals surface area contributed by atoms with Gasteiger partial charge in [-0.25, -0.2) is 9.78 Å². The summed E-state index contributed by atoms with van der Waals surface area (Å²) in [4.78, 5) is 31.4. The van der Waals surface area contributed by atoms with E-state index in [1.54, 1.807) is 49.7 Å². The lowest BCUT2D eigenvalue weighted by Gasteiger charge is -2.20. The van der Waals surface area contributed by atoms with E-state index in [0.29, 0.717) is 23.1 Å². The molecule has 0 radical (unpaired) electrons. The highest BCUT2D eigenvalue weighted by Crippen LogP contribution is 2.31. The van der Waals surface area contributed by atoms with E-state index < -0.39 is 17.7 Å². The predicted molar refractivity (Wildman–Crippen MR) is 134 cm³/mol. The molecule has 11 heteroatoms. The number of methoxy groups -OCH3 is 1. The van der Waals surface area contributed by atoms with Gasteiger partial charge in [-0.3, -0.25) is 15.2 Å². The number of anilines is 1. The molecule has 5 N–H and O–H groups in total. The van der Waals surface area contributed by atoms with Crippen molar-refractivity contribution >= 4 is 17.5 Å². The fourth-order valence-corrected chi connectivity index (χ4v) is 3.72. The van der Waals surface area contributed by atoms with Crippen molar-refractivity contribution < 1.29 is 14.3 Å². The van der Waals surface area contributed by atoms with Crippen molar-refractivity contribution in [3.63, 3.8) is 0 Å². The molecule has 0 aliphatic heterocycles. The second-order valence-corrected chi connectivity index (χ2v) is 7.99. The highest BCUT2D eigenvalue weighted by Gasteiger charge is 2.22. The third-order valence-corrected chi connectivity index (χ3v) is 5.25. The van der Waals surface area contributed by atoms with Crippen LogP contribution < -0.4 is 26.2 Å². The number of rotatable bonds is 8. The Kier molecular flexibility index (Phi) is 6.81. The van der Waals surface area contributed by atoms with E-state index in [2.05, 4.69) is 20.4 Å². The summed E-state index contributed by atoms with van der Waals surface area (Å²) in [5.74, 6) is 0.671. The molecule has 1 unspecified atom stereocenters. The highest BCUT2D eigenvalue weighted by molar-refractivity contribution is 5.98. The standard InChI is InChI=1S/C25H25N7O4/c1-14-10-16(12-18(11-14)35-3)22(24-30-25(34)32(31-24)21-6-4-5-9-28-21)29-17-7-8-19(23(26)27)20(13-17)36-15(2)33/h4-13,22,29H,1-3H3,(H3,26,27)(H,30,31,34). The number of carbonyl (C=O) groups excluding carboxylic acids is 1. The first kappa shape index (κ1) is 24.2. The number of esters is 1. The van der Waals surface area contributed by atoms with Crippen molar-refractivity contribution in [2.45, 2.75) is 19.9 Å². The van der Waals surface area contributed by atoms with E-state index in [0.717, 1.165) is 11.1 Å². The van der Waals surface area contributed by atoms with Gasteiger partial charge >= 0.3 is 11.7 Å². The van der Waals surface area contributed by atoms with Crippen LogP contribution in [-0.2, 0) is 4.79 Å². The molecule has 0 saturated carbocycles. The first-order valence-electron chi connectivity index (χ1n) is 10.9. The number of H-pyrrole nitrogens is 1. The van der Waals surface area contributed by atoms with Crippen molar-refractivity contribution in [2.24, 2.45) is 5.73 Å². The number of nitrogens with one attached hydrogen (secondary N) is 3. The predicted octanol–water partition coefficient (Wildman–Crippen LogP) is 2.68. The molecule has 2 aromatic carbocycles. The number of ether oxygens (including phenoxy) is 2. The third-order valence-electron chi connectivity index (χ3n) is 5.25. The lowest BCUT2D eigenvalue weighted by atomic mass is 10.0. The molecular formula is C25H25N7O4. The number of nitrogens with zero attached hydrogens (tertiary/aromatic N) is 3. The number of nitrogen functional groups attached to an aromatic ring is 1. The Morgan fingerprint density at radius 1 is 1.19 bits per heavy atom. The average molecular weight is 488 g/mol. The van der Waals surface area contributed by atoms with Gasteiger partial charge in [-0.2, -0.15) is 4.68 Å². The number of benzene rings is 2. The summed E-state index contributed by atoms with van der Waals surface area (Å²) in [6, 6.07) is 15.0. The number of aromatic amines is 1. The maximum atomic E-state index is 12.8. The number of amidine groups is 1. The number of nitrogens with two attached hydrogens (primary N) is 1. The van der Waals surface area contributed by atoms with E-state index in [1.807, 2.05) is 25.1 Å². The summed E-state index contributed by atoms with van der Waals surface area (Å²) in [6.07, 6.45) is 1.57. The molecule has 36 heavy (non-hydrogen) atoms. The van der Waals surface area contributed by atoms with Crippen molar-refractivity contribution in [3.05, 3.63) is 93.8 Å². The van der Waals surface area contributed by atoms with Gasteiger partial charge in [0, 0.05) is 24.9 Å². The van der Waals surface area contributed by atoms with Crippen molar-refractivity contribution in [2.75, 3.05) is 12.4 Å². The molecule has 0 fully saturated rings. The molecule has 0 saturated heterocycles. The van der Waals surface area contributed by atoms with Crippen LogP contribution in [0.1, 0.15) is 35.5 Å². The van der Waals surface area contributed by atoms with Crippen LogP contribution in [0.4, 0.5) is 5.69 Å². The number of hydrogen-bond acceptors (Lipinski definition) is 8. The Hall–Kier alpha value is -4.93. The van der Waals surface area contributed by atoms with E-state index >= 15 is 0 Å². The third kappa shape index (κ3) is 5.25. The molecule has 0 aliphatic carbocycles. The molecule has 1 atom stereocenters. The van der Waals surface area contributed by atoms with Gasteiger partial charge in [0.1, 0.15) is 23.4 Å². The summed E-state index contributed by atoms with van der Waals surface area (Å²) in [6.45, 7) is 3.19. The number of aromatic nitrogens is 4. The van der Waals surface area contributed by atoms with Crippen LogP contribution in [0.2, 0.25) is 0 Å². The van der Waals surface area contributed by atoms with Gasteiger partial charge in [-0.05, 0) is 54.4 Å². The zero-order chi connectivity index (χ0) is 25.8. The Bertz CT molecular complexity index is 1480. The lowest BCUT2D eigenvalue weighted by Crippen LogP contribution is -2.17. The Balaban J connectivity index is 1.82. The van der Waals surface area contributed by atoms with Gasteiger partial charge < -0.3 is 20.5 Å². The lowest BCUT2D eigenvalue weighted by molar-refractivity contribution is -0.131. The van der Waals surface area contributed by atoms with Gasteiger partial charge in [0.15, 0.2) is 11.6 Å². The molecule has 2 heterocycles. The van der Waals surface area contributed by atoms with Gasteiger partial charge in [0.2, 0.25) is 0 Å². The second kappa shape index (κ2) is 10.1. The average Bonchev–Trinajstić information content (AvgIpc) is 3.23. The smallest absolute Gasteiger partial charge is 0.349 e. The molecule has 11 nitrogen and oxygen atoms in total. The monoisotopic (exact) mass is 487 g/mol. The molecular weight excluding hydrogens is 462 g/mol. The normalized spacial score (nSPS) is 11.5. The topological polar surface area (TPSA) is 161 Å². The number of hydrogen-bond donors (Lipinski definition) is 4. The Morgan fingerprint density at radius 2 is 2.00 bits per heavy atom. The summed E-state index contributed by atoms with van der Waals surface area (Å²) < 4.78 is 11.9. The number of aryl methyl sites for hydroxylation is 1. The minimum atomic E-state index is -0.634. The molecule has 0 amide bonds. The maximum absolute atomic E-state index is 12.8. The van der Waals surface area contributed by atoms with Gasteiger partial charge in [0.05, 0.1) is 12.7 Å². The van der Waals surface area contributed by atoms with Crippen molar-refractivity contribution in [1.29, 1.82) is 5.41 Å². The Labute approximate surface area is 206 Å². The van der Waals surface area contributed by atoms with Crippen molar-refractivity contribution in [1.82, 2.24) is 19.7 Å². The van der Waals surface area contributed by atoms with Gasteiger partial charge in [-0.1, -0.05) is 12.1 Å². The van der Waals surface area contributed by atoms with E-state index in [9.17, 15) is 9.59 Å². The number of carbonyl (C=O) groups is 1. The van der Waals surface area contributed by atoms with Crippen LogP contribution in [-0.4, -0.2) is 38.7 Å². The summed E-state index contributed by atoms with van der Waals surface area (Å²) in [5.41, 5.74) is 7.71. The summed E-state index contributed by atoms with van der Waals surface area (Å²) in [5, 5.41) is 15.6. The minimum Gasteiger partial charge on any atom is -0.497 e. The maximum Gasteiger partial charge on any atom is 0.349 e. The van der Waals surface area contributed by atoms with Crippen LogP contribution in [0.25, 0.3) is 5.82 Å². The van der Waals surface area contributed by atoms with Crippen LogP contribution in [0.3, 0.4) is 0 Å². The number of pyridine rings is 1. The Morgan fingerprint density at radius 3 is 2.67 bits per heavy atom. The second-order valence-electron chi connectivity index (χ2n) is 7.99. The molecule has 184 valence electrons. The molecule has 4 aromatic rings. The SMILES string of the molecule is COc1cc(C)cc(C(Nc2ccc(C(=N)N)c(OC(C)=O)c2)c2nn(-c3ccccn3)c(=O)[nH]2)c1. The molecule has 2 aromatic heterocycles. The van der Waals surface area contributed by atoms with Crippen molar-refractivity contribution in [3.8, 4) is 17.3 Å². The summed E-state index contributed by atoms with van der Waals surface area (Å²) in [7, 11) is 1.57. The van der Waals surface area contributed by atoms with Crippen LogP contribution >= 0.6 is 0 Å².